The highest BCUT2D eigenvalue weighted by atomic mass is 19.1. The Morgan fingerprint density at radius 1 is 1.36 bits per heavy atom. The smallest absolute Gasteiger partial charge is 0.216 e. The van der Waals surface area contributed by atoms with Gasteiger partial charge < -0.3 is 19.9 Å². The molecular weight excluding hydrogens is 287 g/mol. The van der Waals surface area contributed by atoms with Crippen LogP contribution in [0.25, 0.3) is 0 Å². The van der Waals surface area contributed by atoms with Crippen molar-refractivity contribution in [1.29, 1.82) is 0 Å². The lowest BCUT2D eigenvalue weighted by Gasteiger charge is -2.38. The molecule has 2 N–H and O–H groups in total. The number of piperazine rings is 1. The SMILES string of the molecule is CC(C)(C)OC(O)N1CCN[C@@H](COc2ccc(F)cc2)C1. The minimum atomic E-state index is -0.921. The van der Waals surface area contributed by atoms with E-state index < -0.39 is 12.0 Å². The minimum absolute atomic E-state index is 0.0806. The molecule has 0 bridgehead atoms. The summed E-state index contributed by atoms with van der Waals surface area (Å²) in [6.07, 6.45) is -0.921. The van der Waals surface area contributed by atoms with Crippen molar-refractivity contribution in [3.8, 4) is 5.75 Å². The number of hydrogen-bond donors (Lipinski definition) is 2. The molecule has 0 aliphatic carbocycles. The normalized spacial score (nSPS) is 21.6. The molecule has 124 valence electrons. The number of nitrogens with zero attached hydrogens (tertiary/aromatic N) is 1. The second kappa shape index (κ2) is 7.37. The summed E-state index contributed by atoms with van der Waals surface area (Å²) in [6, 6.07) is 6.03. The average Bonchev–Trinajstić information content (AvgIpc) is 2.45. The number of hydrogen-bond acceptors (Lipinski definition) is 5. The molecule has 1 fully saturated rings. The van der Waals surface area contributed by atoms with Crippen molar-refractivity contribution in [2.75, 3.05) is 26.2 Å². The van der Waals surface area contributed by atoms with E-state index in [1.165, 1.54) is 12.1 Å². The Morgan fingerprint density at radius 2 is 2.05 bits per heavy atom. The second-order valence-electron chi connectivity index (χ2n) is 6.47. The van der Waals surface area contributed by atoms with E-state index in [0.29, 0.717) is 25.4 Å². The van der Waals surface area contributed by atoms with Gasteiger partial charge in [0.2, 0.25) is 6.41 Å². The Bertz CT molecular complexity index is 461. The number of nitrogens with one attached hydrogen (secondary N) is 1. The van der Waals surface area contributed by atoms with Crippen LogP contribution in [0.3, 0.4) is 0 Å². The van der Waals surface area contributed by atoms with Crippen molar-refractivity contribution in [1.82, 2.24) is 10.2 Å². The van der Waals surface area contributed by atoms with Crippen molar-refractivity contribution in [2.45, 2.75) is 38.8 Å². The van der Waals surface area contributed by atoms with E-state index in [4.69, 9.17) is 9.47 Å². The van der Waals surface area contributed by atoms with E-state index in [0.717, 1.165) is 6.54 Å². The molecule has 22 heavy (non-hydrogen) atoms. The number of benzene rings is 1. The second-order valence-corrected chi connectivity index (χ2v) is 6.47. The molecule has 1 saturated heterocycles. The summed E-state index contributed by atoms with van der Waals surface area (Å²) in [5, 5.41) is 13.5. The first-order valence-electron chi connectivity index (χ1n) is 7.55. The molecule has 1 unspecified atom stereocenters. The molecule has 0 amide bonds. The Hall–Kier alpha value is -1.21. The first kappa shape index (κ1) is 17.1. The van der Waals surface area contributed by atoms with E-state index in [1.807, 2.05) is 25.7 Å². The number of ether oxygens (including phenoxy) is 2. The fraction of sp³-hybridized carbons (Fsp3) is 0.625. The summed E-state index contributed by atoms with van der Waals surface area (Å²) in [5.74, 6) is 0.351. The molecule has 0 saturated carbocycles. The standard InChI is InChI=1S/C16H25FN2O3/c1-16(2,3)22-15(20)19-9-8-18-13(10-19)11-21-14-6-4-12(17)5-7-14/h4-7,13,15,18,20H,8-11H2,1-3H3/t13-,15?/m1/s1. The van der Waals surface area contributed by atoms with Gasteiger partial charge in [0.15, 0.2) is 0 Å². The van der Waals surface area contributed by atoms with E-state index in [-0.39, 0.29) is 11.9 Å². The van der Waals surface area contributed by atoms with Crippen molar-refractivity contribution in [3.63, 3.8) is 0 Å². The maximum absolute atomic E-state index is 12.8. The molecule has 0 radical (unpaired) electrons. The maximum Gasteiger partial charge on any atom is 0.216 e. The first-order chi connectivity index (χ1) is 10.3. The van der Waals surface area contributed by atoms with Crippen molar-refractivity contribution in [2.24, 2.45) is 0 Å². The molecule has 6 heteroatoms. The molecule has 0 aromatic heterocycles. The molecule has 2 atom stereocenters. The van der Waals surface area contributed by atoms with Crippen molar-refractivity contribution < 1.29 is 19.0 Å². The topological polar surface area (TPSA) is 54.0 Å². The van der Waals surface area contributed by atoms with E-state index >= 15 is 0 Å². The van der Waals surface area contributed by atoms with Crippen LogP contribution in [-0.2, 0) is 4.74 Å². The van der Waals surface area contributed by atoms with Gasteiger partial charge in [0.1, 0.15) is 18.2 Å². The first-order valence-corrected chi connectivity index (χ1v) is 7.55. The van der Waals surface area contributed by atoms with Crippen LogP contribution in [0.1, 0.15) is 20.8 Å². The van der Waals surface area contributed by atoms with E-state index in [2.05, 4.69) is 5.32 Å². The van der Waals surface area contributed by atoms with Crippen LogP contribution >= 0.6 is 0 Å². The minimum Gasteiger partial charge on any atom is -0.492 e. The molecular formula is C16H25FN2O3. The molecule has 1 aromatic carbocycles. The Labute approximate surface area is 131 Å². The molecule has 1 aliphatic rings. The highest BCUT2D eigenvalue weighted by Crippen LogP contribution is 2.15. The molecule has 2 rings (SSSR count). The maximum atomic E-state index is 12.8. The van der Waals surface area contributed by atoms with Crippen LogP contribution < -0.4 is 10.1 Å². The van der Waals surface area contributed by atoms with Gasteiger partial charge in [-0.15, -0.1) is 0 Å². The van der Waals surface area contributed by atoms with Crippen LogP contribution in [0.15, 0.2) is 24.3 Å². The lowest BCUT2D eigenvalue weighted by Crippen LogP contribution is -2.57. The van der Waals surface area contributed by atoms with Crippen LogP contribution in [0, 0.1) is 5.82 Å². The average molecular weight is 312 g/mol. The van der Waals surface area contributed by atoms with Gasteiger partial charge in [0, 0.05) is 19.6 Å². The lowest BCUT2D eigenvalue weighted by molar-refractivity contribution is -0.243. The molecule has 5 nitrogen and oxygen atoms in total. The summed E-state index contributed by atoms with van der Waals surface area (Å²) in [5.41, 5.74) is -0.398. The van der Waals surface area contributed by atoms with Gasteiger partial charge in [-0.2, -0.15) is 0 Å². The summed E-state index contributed by atoms with van der Waals surface area (Å²) in [6.45, 7) is 8.27. The fourth-order valence-electron chi connectivity index (χ4n) is 2.28. The molecule has 0 spiro atoms. The quantitative estimate of drug-likeness (QED) is 0.808. The third kappa shape index (κ3) is 5.53. The van der Waals surface area contributed by atoms with Gasteiger partial charge in [-0.3, -0.25) is 4.90 Å². The Morgan fingerprint density at radius 3 is 2.68 bits per heavy atom. The summed E-state index contributed by atoms with van der Waals surface area (Å²) >= 11 is 0. The summed E-state index contributed by atoms with van der Waals surface area (Å²) in [4.78, 5) is 1.88. The molecule has 1 aromatic rings. The Balaban J connectivity index is 1.81. The number of rotatable bonds is 5. The van der Waals surface area contributed by atoms with E-state index in [9.17, 15) is 9.50 Å². The number of halogens is 1. The van der Waals surface area contributed by atoms with Gasteiger partial charge in [-0.25, -0.2) is 4.39 Å². The zero-order valence-corrected chi connectivity index (χ0v) is 13.4. The van der Waals surface area contributed by atoms with Crippen LogP contribution in [0.5, 0.6) is 5.75 Å². The van der Waals surface area contributed by atoms with Crippen molar-refractivity contribution >= 4 is 0 Å². The van der Waals surface area contributed by atoms with Crippen LogP contribution in [0.2, 0.25) is 0 Å². The van der Waals surface area contributed by atoms with E-state index in [1.54, 1.807) is 12.1 Å². The highest BCUT2D eigenvalue weighted by molar-refractivity contribution is 5.22. The van der Waals surface area contributed by atoms with Gasteiger partial charge in [-0.1, -0.05) is 0 Å². The van der Waals surface area contributed by atoms with Gasteiger partial charge in [0.05, 0.1) is 11.6 Å². The summed E-state index contributed by atoms with van der Waals surface area (Å²) in [7, 11) is 0. The fourth-order valence-corrected chi connectivity index (χ4v) is 2.28. The largest absolute Gasteiger partial charge is 0.492 e. The van der Waals surface area contributed by atoms with Crippen molar-refractivity contribution in [3.05, 3.63) is 30.1 Å². The van der Waals surface area contributed by atoms with Crippen LogP contribution in [-0.4, -0.2) is 54.3 Å². The third-order valence-corrected chi connectivity index (χ3v) is 3.32. The molecule has 1 heterocycles. The predicted molar refractivity (Wildman–Crippen MR) is 82.1 cm³/mol. The molecule has 1 aliphatic heterocycles. The van der Waals surface area contributed by atoms with Gasteiger partial charge >= 0.3 is 0 Å². The Kier molecular flexibility index (Phi) is 5.74. The van der Waals surface area contributed by atoms with Gasteiger partial charge in [-0.05, 0) is 45.0 Å². The lowest BCUT2D eigenvalue weighted by atomic mass is 10.2. The van der Waals surface area contributed by atoms with Crippen LogP contribution in [0.4, 0.5) is 4.39 Å². The highest BCUT2D eigenvalue weighted by Gasteiger charge is 2.28. The number of aliphatic hydroxyl groups is 1. The zero-order chi connectivity index (χ0) is 16.2. The summed E-state index contributed by atoms with van der Waals surface area (Å²) < 4.78 is 24.1. The van der Waals surface area contributed by atoms with Gasteiger partial charge in [0.25, 0.3) is 0 Å². The predicted octanol–water partition coefficient (Wildman–Crippen LogP) is 1.57. The third-order valence-electron chi connectivity index (χ3n) is 3.32. The monoisotopic (exact) mass is 312 g/mol. The number of aliphatic hydroxyl groups excluding tert-OH is 1. The zero-order valence-electron chi connectivity index (χ0n) is 13.4.